The molecule has 1 saturated carbocycles. The summed E-state index contributed by atoms with van der Waals surface area (Å²) in [5.41, 5.74) is 5.92. The van der Waals surface area contributed by atoms with Crippen LogP contribution in [0.2, 0.25) is 0 Å². The Kier molecular flexibility index (Phi) is 5.66. The zero-order valence-corrected chi connectivity index (χ0v) is 12.3. The summed E-state index contributed by atoms with van der Waals surface area (Å²) < 4.78 is 0.381. The first kappa shape index (κ1) is 14.4. The Hall–Kier alpha value is 0.310. The van der Waals surface area contributed by atoms with Gasteiger partial charge in [0.05, 0.1) is 0 Å². The molecule has 3 atom stereocenters. The van der Waals surface area contributed by atoms with Gasteiger partial charge in [-0.25, -0.2) is 0 Å². The van der Waals surface area contributed by atoms with Crippen LogP contribution >= 0.6 is 11.8 Å². The van der Waals surface area contributed by atoms with Crippen molar-refractivity contribution in [2.75, 3.05) is 6.54 Å². The van der Waals surface area contributed by atoms with Crippen LogP contribution in [0, 0.1) is 11.8 Å². The van der Waals surface area contributed by atoms with Gasteiger partial charge < -0.3 is 5.73 Å². The summed E-state index contributed by atoms with van der Waals surface area (Å²) in [6.45, 7) is 10.2. The van der Waals surface area contributed by atoms with Gasteiger partial charge in [-0.2, -0.15) is 11.8 Å². The van der Waals surface area contributed by atoms with Crippen LogP contribution in [0.3, 0.4) is 0 Å². The second-order valence-corrected chi connectivity index (χ2v) is 8.30. The predicted molar refractivity (Wildman–Crippen MR) is 75.9 cm³/mol. The summed E-state index contributed by atoms with van der Waals surface area (Å²) >= 11 is 2.16. The third-order valence-corrected chi connectivity index (χ3v) is 5.13. The molecule has 1 nitrogen and oxygen atoms in total. The molecule has 96 valence electrons. The lowest BCUT2D eigenvalue weighted by molar-refractivity contribution is 0.275. The highest BCUT2D eigenvalue weighted by atomic mass is 32.2. The fraction of sp³-hybridized carbons (Fsp3) is 1.00. The maximum atomic E-state index is 5.92. The van der Waals surface area contributed by atoms with E-state index in [1.807, 2.05) is 0 Å². The Morgan fingerprint density at radius 1 is 1.25 bits per heavy atom. The van der Waals surface area contributed by atoms with E-state index >= 15 is 0 Å². The van der Waals surface area contributed by atoms with E-state index in [2.05, 4.69) is 39.5 Å². The van der Waals surface area contributed by atoms with E-state index < -0.39 is 0 Å². The van der Waals surface area contributed by atoms with Crippen molar-refractivity contribution in [3.63, 3.8) is 0 Å². The van der Waals surface area contributed by atoms with Crippen molar-refractivity contribution in [3.05, 3.63) is 0 Å². The Morgan fingerprint density at radius 3 is 2.44 bits per heavy atom. The fourth-order valence-electron chi connectivity index (χ4n) is 2.81. The smallest absolute Gasteiger partial charge is 0.00952 e. The Bertz CT molecular complexity index is 197. The molecule has 2 N–H and O–H groups in total. The van der Waals surface area contributed by atoms with Crippen molar-refractivity contribution >= 4 is 11.8 Å². The zero-order valence-electron chi connectivity index (χ0n) is 11.5. The van der Waals surface area contributed by atoms with Crippen molar-refractivity contribution in [1.29, 1.82) is 0 Å². The van der Waals surface area contributed by atoms with Crippen LogP contribution in [0.5, 0.6) is 0 Å². The molecule has 2 heteroatoms. The molecule has 0 radical (unpaired) electrons. The normalized spacial score (nSPS) is 31.7. The zero-order chi connectivity index (χ0) is 12.2. The van der Waals surface area contributed by atoms with E-state index in [0.29, 0.717) is 4.75 Å². The Labute approximate surface area is 106 Å². The average molecular weight is 243 g/mol. The molecule has 3 unspecified atom stereocenters. The highest BCUT2D eigenvalue weighted by molar-refractivity contribution is 8.01. The minimum absolute atomic E-state index is 0.381. The number of hydrogen-bond acceptors (Lipinski definition) is 2. The SMILES string of the molecule is CCCC1CCC(CN)C(SC(C)(C)C)C1. The number of rotatable bonds is 4. The molecule has 0 aromatic heterocycles. The molecule has 1 aliphatic carbocycles. The third-order valence-electron chi connectivity index (χ3n) is 3.54. The molecule has 1 rings (SSSR count). The lowest BCUT2D eigenvalue weighted by atomic mass is 9.80. The summed E-state index contributed by atoms with van der Waals surface area (Å²) in [5, 5.41) is 0.801. The van der Waals surface area contributed by atoms with Crippen molar-refractivity contribution in [2.45, 2.75) is 69.8 Å². The van der Waals surface area contributed by atoms with Crippen LogP contribution in [-0.2, 0) is 0 Å². The van der Waals surface area contributed by atoms with Gasteiger partial charge in [-0.05, 0) is 31.2 Å². The van der Waals surface area contributed by atoms with E-state index in [1.54, 1.807) is 0 Å². The number of hydrogen-bond donors (Lipinski definition) is 1. The van der Waals surface area contributed by atoms with Gasteiger partial charge in [0.25, 0.3) is 0 Å². The summed E-state index contributed by atoms with van der Waals surface area (Å²) in [6.07, 6.45) is 6.92. The maximum absolute atomic E-state index is 5.92. The van der Waals surface area contributed by atoms with Gasteiger partial charge in [0, 0.05) is 10.00 Å². The lowest BCUT2D eigenvalue weighted by Gasteiger charge is -2.38. The third kappa shape index (κ3) is 4.67. The quantitative estimate of drug-likeness (QED) is 0.806. The summed E-state index contributed by atoms with van der Waals surface area (Å²) in [5.74, 6) is 1.73. The van der Waals surface area contributed by atoms with Crippen molar-refractivity contribution < 1.29 is 0 Å². The van der Waals surface area contributed by atoms with Crippen molar-refractivity contribution in [3.8, 4) is 0 Å². The molecule has 0 spiro atoms. The van der Waals surface area contributed by atoms with Crippen LogP contribution in [-0.4, -0.2) is 16.5 Å². The molecule has 0 aromatic rings. The molecule has 0 heterocycles. The van der Waals surface area contributed by atoms with Gasteiger partial charge in [0.15, 0.2) is 0 Å². The lowest BCUT2D eigenvalue weighted by Crippen LogP contribution is -2.34. The Morgan fingerprint density at radius 2 is 1.94 bits per heavy atom. The molecule has 1 aliphatic rings. The molecular weight excluding hydrogens is 214 g/mol. The molecule has 0 saturated heterocycles. The minimum atomic E-state index is 0.381. The molecule has 0 aromatic carbocycles. The van der Waals surface area contributed by atoms with Gasteiger partial charge in [-0.3, -0.25) is 0 Å². The largest absolute Gasteiger partial charge is 0.330 e. The van der Waals surface area contributed by atoms with E-state index in [4.69, 9.17) is 5.73 Å². The van der Waals surface area contributed by atoms with Gasteiger partial charge >= 0.3 is 0 Å². The van der Waals surface area contributed by atoms with Crippen molar-refractivity contribution in [2.24, 2.45) is 17.6 Å². The number of nitrogens with two attached hydrogens (primary N) is 1. The average Bonchev–Trinajstić information content (AvgIpc) is 2.16. The van der Waals surface area contributed by atoms with Gasteiger partial charge in [0.2, 0.25) is 0 Å². The van der Waals surface area contributed by atoms with E-state index in [9.17, 15) is 0 Å². The van der Waals surface area contributed by atoms with Crippen LogP contribution < -0.4 is 5.73 Å². The van der Waals surface area contributed by atoms with Gasteiger partial charge in [0.1, 0.15) is 0 Å². The van der Waals surface area contributed by atoms with E-state index in [1.165, 1.54) is 32.1 Å². The second-order valence-electron chi connectivity index (χ2n) is 6.23. The van der Waals surface area contributed by atoms with Crippen LogP contribution in [0.1, 0.15) is 59.8 Å². The van der Waals surface area contributed by atoms with Gasteiger partial charge in [-0.1, -0.05) is 47.0 Å². The highest BCUT2D eigenvalue weighted by Crippen LogP contribution is 2.42. The van der Waals surface area contributed by atoms with Crippen LogP contribution in [0.4, 0.5) is 0 Å². The predicted octanol–water partition coefficient (Wildman–Crippen LogP) is 4.06. The molecule has 1 fully saturated rings. The minimum Gasteiger partial charge on any atom is -0.330 e. The fourth-order valence-corrected chi connectivity index (χ4v) is 4.53. The van der Waals surface area contributed by atoms with Gasteiger partial charge in [-0.15, -0.1) is 0 Å². The topological polar surface area (TPSA) is 26.0 Å². The van der Waals surface area contributed by atoms with E-state index in [0.717, 1.165) is 23.6 Å². The first-order valence-corrected chi connectivity index (χ1v) is 7.72. The summed E-state index contributed by atoms with van der Waals surface area (Å²) in [6, 6.07) is 0. The summed E-state index contributed by atoms with van der Waals surface area (Å²) in [4.78, 5) is 0. The first-order chi connectivity index (χ1) is 7.46. The second kappa shape index (κ2) is 6.30. The first-order valence-electron chi connectivity index (χ1n) is 6.84. The number of thioether (sulfide) groups is 1. The van der Waals surface area contributed by atoms with E-state index in [-0.39, 0.29) is 0 Å². The maximum Gasteiger partial charge on any atom is 0.00952 e. The molecule has 0 aliphatic heterocycles. The molecule has 0 bridgehead atoms. The summed E-state index contributed by atoms with van der Waals surface area (Å²) in [7, 11) is 0. The monoisotopic (exact) mass is 243 g/mol. The van der Waals surface area contributed by atoms with Crippen molar-refractivity contribution in [1.82, 2.24) is 0 Å². The highest BCUT2D eigenvalue weighted by Gasteiger charge is 2.32. The Balaban J connectivity index is 2.53. The molecule has 16 heavy (non-hydrogen) atoms. The van der Waals surface area contributed by atoms with Crippen LogP contribution in [0.15, 0.2) is 0 Å². The molecular formula is C14H29NS. The molecule has 0 amide bonds. The standard InChI is InChI=1S/C14H29NS/c1-5-6-11-7-8-12(10-15)13(9-11)16-14(2,3)4/h11-13H,5-10,15H2,1-4H3. The van der Waals surface area contributed by atoms with Crippen LogP contribution in [0.25, 0.3) is 0 Å².